The average Bonchev–Trinajstić information content (AvgIpc) is 2.06. The third kappa shape index (κ3) is 7.84. The normalized spacial score (nSPS) is 10.2. The summed E-state index contributed by atoms with van der Waals surface area (Å²) < 4.78 is 6.60. The van der Waals surface area contributed by atoms with E-state index in [1.54, 1.807) is 6.08 Å². The van der Waals surface area contributed by atoms with Gasteiger partial charge in [0.05, 0.1) is 0 Å². The number of rotatable bonds is 5. The second-order valence-electron chi connectivity index (χ2n) is 2.24. The molecule has 0 spiro atoms. The fourth-order valence-corrected chi connectivity index (χ4v) is 0.786. The van der Waals surface area contributed by atoms with Gasteiger partial charge < -0.3 is 10.1 Å². The van der Waals surface area contributed by atoms with Crippen molar-refractivity contribution in [3.8, 4) is 0 Å². The maximum absolute atomic E-state index is 10.8. The molecule has 0 aliphatic carbocycles. The highest BCUT2D eigenvalue weighted by Gasteiger charge is 1.96. The van der Waals surface area contributed by atoms with Crippen LogP contribution in [0.4, 0.5) is 4.79 Å². The Bertz CT molecular complexity index is 148. The molecule has 0 heterocycles. The highest BCUT2D eigenvalue weighted by molar-refractivity contribution is 14.1. The van der Waals surface area contributed by atoms with Gasteiger partial charge in [-0.05, 0) is 16.6 Å². The lowest BCUT2D eigenvalue weighted by Crippen LogP contribution is -2.25. The van der Waals surface area contributed by atoms with Gasteiger partial charge in [0.2, 0.25) is 0 Å². The Kier molecular flexibility index (Phi) is 8.64. The first-order chi connectivity index (χ1) is 5.81. The van der Waals surface area contributed by atoms with Gasteiger partial charge in [-0.25, -0.2) is 4.79 Å². The van der Waals surface area contributed by atoms with Crippen LogP contribution in [0, 0.1) is 0 Å². The van der Waals surface area contributed by atoms with Crippen molar-refractivity contribution in [2.45, 2.75) is 19.8 Å². The van der Waals surface area contributed by atoms with Crippen molar-refractivity contribution in [3.05, 3.63) is 10.2 Å². The highest BCUT2D eigenvalue weighted by Crippen LogP contribution is 1.87. The maximum Gasteiger partial charge on any atom is 0.407 e. The number of unbranched alkanes of at least 4 members (excludes halogenated alkanes) is 1. The molecule has 0 rings (SSSR count). The molecule has 4 heteroatoms. The van der Waals surface area contributed by atoms with Crippen LogP contribution in [-0.4, -0.2) is 19.2 Å². The number of ether oxygens (including phenoxy) is 1. The number of carbonyl (C=O) groups is 1. The van der Waals surface area contributed by atoms with Gasteiger partial charge in [0.1, 0.15) is 6.61 Å². The van der Waals surface area contributed by atoms with Crippen LogP contribution in [0.2, 0.25) is 0 Å². The highest BCUT2D eigenvalue weighted by atomic mass is 127. The smallest absolute Gasteiger partial charge is 0.407 e. The van der Waals surface area contributed by atoms with Gasteiger partial charge in [-0.2, -0.15) is 0 Å². The second-order valence-corrected chi connectivity index (χ2v) is 2.96. The number of amides is 1. The summed E-state index contributed by atoms with van der Waals surface area (Å²) in [5, 5.41) is 2.64. The largest absolute Gasteiger partial charge is 0.445 e. The Morgan fingerprint density at radius 2 is 2.42 bits per heavy atom. The molecular formula is C8H14INO2. The summed E-state index contributed by atoms with van der Waals surface area (Å²) in [7, 11) is 0. The average molecular weight is 283 g/mol. The number of hydrogen-bond donors (Lipinski definition) is 1. The van der Waals surface area contributed by atoms with E-state index in [4.69, 9.17) is 4.74 Å². The summed E-state index contributed by atoms with van der Waals surface area (Å²) in [6.45, 7) is 3.12. The minimum absolute atomic E-state index is 0.335. The van der Waals surface area contributed by atoms with Gasteiger partial charge in [0, 0.05) is 6.54 Å². The van der Waals surface area contributed by atoms with Crippen LogP contribution >= 0.6 is 22.6 Å². The summed E-state index contributed by atoms with van der Waals surface area (Å²) in [6.07, 6.45) is 3.52. The zero-order chi connectivity index (χ0) is 9.23. The zero-order valence-electron chi connectivity index (χ0n) is 7.18. The Morgan fingerprint density at radius 3 is 3.00 bits per heavy atom. The number of halogens is 1. The molecule has 0 aromatic carbocycles. The lowest BCUT2D eigenvalue weighted by atomic mass is 10.3. The summed E-state index contributed by atoms with van der Waals surface area (Å²) in [4.78, 5) is 10.8. The molecule has 0 aliphatic rings. The molecule has 0 aliphatic heterocycles. The SMILES string of the molecule is CCCCNC(=O)OC/C=C/I. The van der Waals surface area contributed by atoms with E-state index in [1.807, 2.05) is 4.08 Å². The first kappa shape index (κ1) is 11.7. The fourth-order valence-electron chi connectivity index (χ4n) is 0.578. The van der Waals surface area contributed by atoms with Crippen LogP contribution < -0.4 is 5.32 Å². The molecular weight excluding hydrogens is 269 g/mol. The third-order valence-corrected chi connectivity index (χ3v) is 1.71. The predicted molar refractivity (Wildman–Crippen MR) is 57.4 cm³/mol. The molecule has 0 unspecified atom stereocenters. The Balaban J connectivity index is 3.21. The Labute approximate surface area is 86.7 Å². The van der Waals surface area contributed by atoms with E-state index >= 15 is 0 Å². The molecule has 0 saturated heterocycles. The number of nitrogens with one attached hydrogen (secondary N) is 1. The van der Waals surface area contributed by atoms with Crippen molar-refractivity contribution in [1.29, 1.82) is 0 Å². The second kappa shape index (κ2) is 8.83. The molecule has 12 heavy (non-hydrogen) atoms. The molecule has 0 aromatic rings. The van der Waals surface area contributed by atoms with E-state index < -0.39 is 0 Å². The number of carbonyl (C=O) groups excluding carboxylic acids is 1. The molecule has 0 fully saturated rings. The molecule has 3 nitrogen and oxygen atoms in total. The zero-order valence-corrected chi connectivity index (χ0v) is 9.34. The van der Waals surface area contributed by atoms with Gasteiger partial charge in [-0.3, -0.25) is 0 Å². The number of alkyl carbamates (subject to hydrolysis) is 1. The van der Waals surface area contributed by atoms with Crippen molar-refractivity contribution < 1.29 is 9.53 Å². The minimum Gasteiger partial charge on any atom is -0.445 e. The molecule has 0 aromatic heterocycles. The first-order valence-electron chi connectivity index (χ1n) is 3.97. The van der Waals surface area contributed by atoms with Gasteiger partial charge in [0.25, 0.3) is 0 Å². The van der Waals surface area contributed by atoms with E-state index in [9.17, 15) is 4.79 Å². The molecule has 0 bridgehead atoms. The van der Waals surface area contributed by atoms with E-state index in [1.165, 1.54) is 0 Å². The summed E-state index contributed by atoms with van der Waals surface area (Å²) >= 11 is 2.08. The summed E-state index contributed by atoms with van der Waals surface area (Å²) in [5.41, 5.74) is 0. The maximum atomic E-state index is 10.8. The monoisotopic (exact) mass is 283 g/mol. The van der Waals surface area contributed by atoms with E-state index in [0.29, 0.717) is 13.2 Å². The van der Waals surface area contributed by atoms with Crippen LogP contribution in [0.15, 0.2) is 10.2 Å². The molecule has 0 atom stereocenters. The standard InChI is InChI=1S/C8H14INO2/c1-2-3-6-10-8(11)12-7-4-5-9/h4-5H,2-3,6-7H2,1H3,(H,10,11)/b5-4+. The molecule has 0 radical (unpaired) electrons. The van der Waals surface area contributed by atoms with Crippen LogP contribution in [0.5, 0.6) is 0 Å². The van der Waals surface area contributed by atoms with Crippen LogP contribution in [0.1, 0.15) is 19.8 Å². The summed E-state index contributed by atoms with van der Waals surface area (Å²) in [6, 6.07) is 0. The molecule has 1 N–H and O–H groups in total. The van der Waals surface area contributed by atoms with Gasteiger partial charge in [-0.15, -0.1) is 0 Å². The van der Waals surface area contributed by atoms with E-state index in [2.05, 4.69) is 34.8 Å². The quantitative estimate of drug-likeness (QED) is 0.621. The topological polar surface area (TPSA) is 38.3 Å². The van der Waals surface area contributed by atoms with Gasteiger partial charge in [0.15, 0.2) is 0 Å². The van der Waals surface area contributed by atoms with Crippen LogP contribution in [-0.2, 0) is 4.74 Å². The number of hydrogen-bond acceptors (Lipinski definition) is 2. The molecule has 1 amide bonds. The van der Waals surface area contributed by atoms with Gasteiger partial charge >= 0.3 is 6.09 Å². The van der Waals surface area contributed by atoms with E-state index in [-0.39, 0.29) is 6.09 Å². The lowest BCUT2D eigenvalue weighted by Gasteiger charge is -2.03. The summed E-state index contributed by atoms with van der Waals surface area (Å²) in [5.74, 6) is 0. The van der Waals surface area contributed by atoms with Crippen molar-refractivity contribution >= 4 is 28.7 Å². The van der Waals surface area contributed by atoms with Crippen LogP contribution in [0.25, 0.3) is 0 Å². The first-order valence-corrected chi connectivity index (χ1v) is 5.21. The predicted octanol–water partition coefficient (Wildman–Crippen LogP) is 2.46. The Hall–Kier alpha value is -0.260. The van der Waals surface area contributed by atoms with Crippen molar-refractivity contribution in [2.75, 3.05) is 13.2 Å². The molecule has 70 valence electrons. The fraction of sp³-hybridized carbons (Fsp3) is 0.625. The van der Waals surface area contributed by atoms with E-state index in [0.717, 1.165) is 12.8 Å². The molecule has 0 saturated carbocycles. The third-order valence-electron chi connectivity index (χ3n) is 1.20. The van der Waals surface area contributed by atoms with Crippen LogP contribution in [0.3, 0.4) is 0 Å². The van der Waals surface area contributed by atoms with Crippen molar-refractivity contribution in [2.24, 2.45) is 0 Å². The lowest BCUT2D eigenvalue weighted by molar-refractivity contribution is 0.158. The Morgan fingerprint density at radius 1 is 1.67 bits per heavy atom. The van der Waals surface area contributed by atoms with Gasteiger partial charge in [-0.1, -0.05) is 35.9 Å². The van der Waals surface area contributed by atoms with Crippen molar-refractivity contribution in [3.63, 3.8) is 0 Å². The van der Waals surface area contributed by atoms with Crippen molar-refractivity contribution in [1.82, 2.24) is 5.32 Å². The minimum atomic E-state index is -0.335.